The second-order valence-corrected chi connectivity index (χ2v) is 8.84. The van der Waals surface area contributed by atoms with Gasteiger partial charge in [0.05, 0.1) is 12.1 Å². The molecule has 2 aromatic rings. The van der Waals surface area contributed by atoms with E-state index in [0.29, 0.717) is 22.9 Å². The van der Waals surface area contributed by atoms with Crippen LogP contribution in [0.1, 0.15) is 49.3 Å². The van der Waals surface area contributed by atoms with Gasteiger partial charge in [0, 0.05) is 23.5 Å². The Morgan fingerprint density at radius 2 is 1.80 bits per heavy atom. The summed E-state index contributed by atoms with van der Waals surface area (Å²) in [6.07, 6.45) is 0.162. The molecule has 0 radical (unpaired) electrons. The molecule has 0 aliphatic heterocycles. The van der Waals surface area contributed by atoms with Gasteiger partial charge in [0.2, 0.25) is 11.8 Å². The average molecular weight is 431 g/mol. The van der Waals surface area contributed by atoms with Crippen LogP contribution in [0.4, 0.5) is 5.13 Å². The van der Waals surface area contributed by atoms with Gasteiger partial charge in [-0.05, 0) is 38.3 Å². The Balaban J connectivity index is 2.02. The minimum Gasteiger partial charge on any atom is -0.354 e. The van der Waals surface area contributed by atoms with Gasteiger partial charge in [0.1, 0.15) is 6.54 Å². The van der Waals surface area contributed by atoms with Crippen molar-refractivity contribution >= 4 is 34.2 Å². The summed E-state index contributed by atoms with van der Waals surface area (Å²) >= 11 is 1.26. The van der Waals surface area contributed by atoms with E-state index in [0.717, 1.165) is 5.56 Å². The van der Waals surface area contributed by atoms with Gasteiger partial charge in [-0.3, -0.25) is 14.4 Å². The molecule has 0 aliphatic carbocycles. The summed E-state index contributed by atoms with van der Waals surface area (Å²) in [6.45, 7) is 10.1. The van der Waals surface area contributed by atoms with Crippen LogP contribution >= 0.6 is 11.3 Å². The first-order valence-corrected chi connectivity index (χ1v) is 10.9. The molecular formula is C22H30N4O3S. The lowest BCUT2D eigenvalue weighted by Crippen LogP contribution is -2.40. The molecule has 1 heterocycles. The standard InChI is InChI=1S/C22H30N4O3S/c1-14(2)11-26(21(29)18-9-7-6-8-16(18)5)12-20(28)25-22-24-17(13-30-22)10-19(27)23-15(3)4/h6-9,13-15H,10-12H2,1-5H3,(H,23,27)(H,24,25,28). The van der Waals surface area contributed by atoms with Gasteiger partial charge >= 0.3 is 0 Å². The molecule has 7 nitrogen and oxygen atoms in total. The summed E-state index contributed by atoms with van der Waals surface area (Å²) in [6, 6.07) is 7.42. The van der Waals surface area contributed by atoms with Gasteiger partial charge in [0.25, 0.3) is 5.91 Å². The fourth-order valence-electron chi connectivity index (χ4n) is 2.96. The van der Waals surface area contributed by atoms with Crippen molar-refractivity contribution in [2.24, 2.45) is 5.92 Å². The number of amides is 3. The van der Waals surface area contributed by atoms with E-state index in [9.17, 15) is 14.4 Å². The Hall–Kier alpha value is -2.74. The molecule has 2 rings (SSSR count). The summed E-state index contributed by atoms with van der Waals surface area (Å²) in [5, 5.41) is 7.72. The van der Waals surface area contributed by atoms with Crippen molar-refractivity contribution < 1.29 is 14.4 Å². The molecule has 0 spiro atoms. The first-order valence-electron chi connectivity index (χ1n) is 10.0. The third-order valence-electron chi connectivity index (χ3n) is 4.17. The van der Waals surface area contributed by atoms with Gasteiger partial charge in [-0.15, -0.1) is 11.3 Å². The third-order valence-corrected chi connectivity index (χ3v) is 4.98. The van der Waals surface area contributed by atoms with Crippen LogP contribution in [0.5, 0.6) is 0 Å². The van der Waals surface area contributed by atoms with E-state index in [1.54, 1.807) is 16.3 Å². The molecule has 30 heavy (non-hydrogen) atoms. The highest BCUT2D eigenvalue weighted by atomic mass is 32.1. The lowest BCUT2D eigenvalue weighted by Gasteiger charge is -2.24. The minimum atomic E-state index is -0.315. The summed E-state index contributed by atoms with van der Waals surface area (Å²) in [5.41, 5.74) is 2.07. The number of benzene rings is 1. The van der Waals surface area contributed by atoms with Crippen molar-refractivity contribution in [2.75, 3.05) is 18.4 Å². The largest absolute Gasteiger partial charge is 0.354 e. The lowest BCUT2D eigenvalue weighted by atomic mass is 10.1. The first kappa shape index (κ1) is 23.5. The zero-order chi connectivity index (χ0) is 22.3. The SMILES string of the molecule is Cc1ccccc1C(=O)N(CC(=O)Nc1nc(CC(=O)NC(C)C)cs1)CC(C)C. The smallest absolute Gasteiger partial charge is 0.254 e. The normalized spacial score (nSPS) is 10.9. The molecular weight excluding hydrogens is 400 g/mol. The van der Waals surface area contributed by atoms with Crippen molar-refractivity contribution in [1.29, 1.82) is 0 Å². The number of carbonyl (C=O) groups excluding carboxylic acids is 3. The highest BCUT2D eigenvalue weighted by Gasteiger charge is 2.21. The van der Waals surface area contributed by atoms with Gasteiger partial charge in [-0.1, -0.05) is 32.0 Å². The van der Waals surface area contributed by atoms with Crippen LogP contribution in [0.25, 0.3) is 0 Å². The molecule has 0 aliphatic rings. The number of nitrogens with one attached hydrogen (secondary N) is 2. The predicted octanol–water partition coefficient (Wildman–Crippen LogP) is 3.26. The number of nitrogens with zero attached hydrogens (tertiary/aromatic N) is 2. The van der Waals surface area contributed by atoms with Crippen LogP contribution in [-0.4, -0.2) is 46.7 Å². The Bertz CT molecular complexity index is 892. The zero-order valence-corrected chi connectivity index (χ0v) is 19.0. The van der Waals surface area contributed by atoms with Crippen LogP contribution in [-0.2, 0) is 16.0 Å². The number of hydrogen-bond acceptors (Lipinski definition) is 5. The summed E-state index contributed by atoms with van der Waals surface area (Å²) in [7, 11) is 0. The number of rotatable bonds is 9. The van der Waals surface area contributed by atoms with Gasteiger partial charge < -0.3 is 15.5 Å². The van der Waals surface area contributed by atoms with E-state index >= 15 is 0 Å². The molecule has 0 unspecified atom stereocenters. The van der Waals surface area contributed by atoms with E-state index in [1.807, 2.05) is 52.8 Å². The number of aromatic nitrogens is 1. The number of hydrogen-bond donors (Lipinski definition) is 2. The van der Waals surface area contributed by atoms with Crippen molar-refractivity contribution in [2.45, 2.75) is 47.1 Å². The van der Waals surface area contributed by atoms with E-state index in [-0.39, 0.29) is 42.6 Å². The second kappa shape index (κ2) is 10.9. The van der Waals surface area contributed by atoms with Crippen molar-refractivity contribution in [3.05, 3.63) is 46.5 Å². The summed E-state index contributed by atoms with van der Waals surface area (Å²) < 4.78 is 0. The van der Waals surface area contributed by atoms with Crippen LogP contribution in [0.2, 0.25) is 0 Å². The zero-order valence-electron chi connectivity index (χ0n) is 18.2. The minimum absolute atomic E-state index is 0.0614. The topological polar surface area (TPSA) is 91.4 Å². The number of anilines is 1. The molecule has 0 saturated heterocycles. The van der Waals surface area contributed by atoms with Gasteiger partial charge in [-0.25, -0.2) is 4.98 Å². The molecule has 162 valence electrons. The molecule has 2 N–H and O–H groups in total. The number of carbonyl (C=O) groups is 3. The van der Waals surface area contributed by atoms with E-state index in [4.69, 9.17) is 0 Å². The van der Waals surface area contributed by atoms with Crippen molar-refractivity contribution in [3.8, 4) is 0 Å². The van der Waals surface area contributed by atoms with Gasteiger partial charge in [-0.2, -0.15) is 0 Å². The summed E-state index contributed by atoms with van der Waals surface area (Å²) in [5.74, 6) is -0.371. The fraction of sp³-hybridized carbons (Fsp3) is 0.455. The molecule has 8 heteroatoms. The maximum Gasteiger partial charge on any atom is 0.254 e. The lowest BCUT2D eigenvalue weighted by molar-refractivity contribution is -0.121. The fourth-order valence-corrected chi connectivity index (χ4v) is 3.68. The van der Waals surface area contributed by atoms with E-state index in [2.05, 4.69) is 15.6 Å². The molecule has 3 amide bonds. The molecule has 1 aromatic carbocycles. The predicted molar refractivity (Wildman–Crippen MR) is 120 cm³/mol. The van der Waals surface area contributed by atoms with Crippen molar-refractivity contribution in [1.82, 2.24) is 15.2 Å². The van der Waals surface area contributed by atoms with Crippen LogP contribution < -0.4 is 10.6 Å². The van der Waals surface area contributed by atoms with Crippen LogP contribution in [0.3, 0.4) is 0 Å². The molecule has 1 aromatic heterocycles. The third kappa shape index (κ3) is 7.26. The second-order valence-electron chi connectivity index (χ2n) is 7.99. The maximum atomic E-state index is 13.0. The van der Waals surface area contributed by atoms with E-state index in [1.165, 1.54) is 11.3 Å². The van der Waals surface area contributed by atoms with Crippen molar-refractivity contribution in [3.63, 3.8) is 0 Å². The molecule has 0 bridgehead atoms. The molecule has 0 fully saturated rings. The molecule has 0 atom stereocenters. The Morgan fingerprint density at radius 1 is 1.10 bits per heavy atom. The Labute approximate surface area is 181 Å². The highest BCUT2D eigenvalue weighted by Crippen LogP contribution is 2.17. The first-order chi connectivity index (χ1) is 14.2. The number of thiazole rings is 1. The average Bonchev–Trinajstić information content (AvgIpc) is 3.06. The van der Waals surface area contributed by atoms with Gasteiger partial charge in [0.15, 0.2) is 5.13 Å². The summed E-state index contributed by atoms with van der Waals surface area (Å²) in [4.78, 5) is 43.3. The Morgan fingerprint density at radius 3 is 2.43 bits per heavy atom. The Kier molecular flexibility index (Phi) is 8.53. The van der Waals surface area contributed by atoms with Crippen LogP contribution in [0, 0.1) is 12.8 Å². The quantitative estimate of drug-likeness (QED) is 0.639. The number of aryl methyl sites for hydroxylation is 1. The highest BCUT2D eigenvalue weighted by molar-refractivity contribution is 7.13. The molecule has 0 saturated carbocycles. The maximum absolute atomic E-state index is 13.0. The van der Waals surface area contributed by atoms with Crippen LogP contribution in [0.15, 0.2) is 29.6 Å². The van der Waals surface area contributed by atoms with E-state index < -0.39 is 0 Å². The monoisotopic (exact) mass is 430 g/mol.